The molecule has 3 fully saturated rings. The van der Waals surface area contributed by atoms with Gasteiger partial charge in [0.1, 0.15) is 0 Å². The van der Waals surface area contributed by atoms with Gasteiger partial charge in [-0.3, -0.25) is 9.59 Å². The molecular weight excluding hydrogens is 244 g/mol. The van der Waals surface area contributed by atoms with Crippen LogP contribution in [0.15, 0.2) is 0 Å². The van der Waals surface area contributed by atoms with Crippen LogP contribution in [0.25, 0.3) is 0 Å². The third-order valence-corrected chi connectivity index (χ3v) is 4.94. The van der Waals surface area contributed by atoms with E-state index in [1.165, 1.54) is 12.8 Å². The molecule has 3 N–H and O–H groups in total. The SMILES string of the molecule is O=C(O)CC(NC(=O)C1NCC2CCCC21)C1CC1. The van der Waals surface area contributed by atoms with Crippen molar-refractivity contribution >= 4 is 11.9 Å². The zero-order valence-corrected chi connectivity index (χ0v) is 11.1. The van der Waals surface area contributed by atoms with Crippen LogP contribution in [0.4, 0.5) is 0 Å². The number of hydrogen-bond donors (Lipinski definition) is 3. The van der Waals surface area contributed by atoms with Crippen LogP contribution in [0.2, 0.25) is 0 Å². The molecule has 106 valence electrons. The Morgan fingerprint density at radius 1 is 1.26 bits per heavy atom. The fraction of sp³-hybridized carbons (Fsp3) is 0.857. The zero-order valence-electron chi connectivity index (χ0n) is 11.1. The van der Waals surface area contributed by atoms with Crippen LogP contribution in [-0.2, 0) is 9.59 Å². The molecule has 0 aromatic heterocycles. The summed E-state index contributed by atoms with van der Waals surface area (Å²) in [6, 6.07) is -0.269. The van der Waals surface area contributed by atoms with E-state index < -0.39 is 5.97 Å². The van der Waals surface area contributed by atoms with Crippen molar-refractivity contribution in [1.29, 1.82) is 0 Å². The van der Waals surface area contributed by atoms with Crippen LogP contribution < -0.4 is 10.6 Å². The summed E-state index contributed by atoms with van der Waals surface area (Å²) in [5.41, 5.74) is 0. The van der Waals surface area contributed by atoms with Crippen molar-refractivity contribution in [3.63, 3.8) is 0 Å². The van der Waals surface area contributed by atoms with Crippen LogP contribution in [0.1, 0.15) is 38.5 Å². The molecule has 2 aliphatic carbocycles. The molecule has 0 bridgehead atoms. The van der Waals surface area contributed by atoms with Gasteiger partial charge in [0, 0.05) is 6.04 Å². The summed E-state index contributed by atoms with van der Waals surface area (Å²) >= 11 is 0. The molecule has 0 radical (unpaired) electrons. The maximum atomic E-state index is 12.3. The smallest absolute Gasteiger partial charge is 0.305 e. The maximum Gasteiger partial charge on any atom is 0.305 e. The van der Waals surface area contributed by atoms with Crippen LogP contribution in [0, 0.1) is 17.8 Å². The molecule has 2 saturated carbocycles. The van der Waals surface area contributed by atoms with Gasteiger partial charge in [-0.2, -0.15) is 0 Å². The van der Waals surface area contributed by atoms with E-state index in [-0.39, 0.29) is 24.4 Å². The van der Waals surface area contributed by atoms with E-state index in [2.05, 4.69) is 10.6 Å². The second-order valence-corrected chi connectivity index (χ2v) is 6.29. The van der Waals surface area contributed by atoms with Gasteiger partial charge in [0.25, 0.3) is 0 Å². The maximum absolute atomic E-state index is 12.3. The summed E-state index contributed by atoms with van der Waals surface area (Å²) in [5, 5.41) is 15.2. The lowest BCUT2D eigenvalue weighted by atomic mass is 9.93. The van der Waals surface area contributed by atoms with Crippen molar-refractivity contribution in [3.05, 3.63) is 0 Å². The summed E-state index contributed by atoms with van der Waals surface area (Å²) < 4.78 is 0. The van der Waals surface area contributed by atoms with E-state index >= 15 is 0 Å². The summed E-state index contributed by atoms with van der Waals surface area (Å²) in [6.07, 6.45) is 5.72. The molecule has 0 spiro atoms. The van der Waals surface area contributed by atoms with Gasteiger partial charge in [0.2, 0.25) is 5.91 Å². The Morgan fingerprint density at radius 3 is 2.74 bits per heavy atom. The number of carbonyl (C=O) groups is 2. The minimum Gasteiger partial charge on any atom is -0.481 e. The third kappa shape index (κ3) is 2.76. The summed E-state index contributed by atoms with van der Waals surface area (Å²) in [5.74, 6) is 0.683. The highest BCUT2D eigenvalue weighted by molar-refractivity contribution is 5.83. The minimum absolute atomic E-state index is 0.0209. The number of carboxylic acids is 1. The Morgan fingerprint density at radius 2 is 2.05 bits per heavy atom. The predicted molar refractivity (Wildman–Crippen MR) is 69.5 cm³/mol. The molecule has 4 unspecified atom stereocenters. The van der Waals surface area contributed by atoms with Crippen molar-refractivity contribution in [3.8, 4) is 0 Å². The van der Waals surface area contributed by atoms with E-state index in [1.807, 2.05) is 0 Å². The number of aliphatic carboxylic acids is 1. The van der Waals surface area contributed by atoms with Crippen molar-refractivity contribution in [2.75, 3.05) is 6.54 Å². The van der Waals surface area contributed by atoms with E-state index in [4.69, 9.17) is 5.11 Å². The molecule has 1 aliphatic heterocycles. The van der Waals surface area contributed by atoms with Gasteiger partial charge in [-0.1, -0.05) is 6.42 Å². The van der Waals surface area contributed by atoms with Gasteiger partial charge in [-0.25, -0.2) is 0 Å². The van der Waals surface area contributed by atoms with E-state index in [0.717, 1.165) is 25.8 Å². The second-order valence-electron chi connectivity index (χ2n) is 6.29. The normalized spacial score (nSPS) is 34.8. The number of nitrogens with one attached hydrogen (secondary N) is 2. The van der Waals surface area contributed by atoms with Crippen LogP contribution >= 0.6 is 0 Å². The Labute approximate surface area is 113 Å². The number of amides is 1. The quantitative estimate of drug-likeness (QED) is 0.686. The molecular formula is C14H22N2O3. The van der Waals surface area contributed by atoms with Gasteiger partial charge in [-0.15, -0.1) is 0 Å². The lowest BCUT2D eigenvalue weighted by Gasteiger charge is -2.22. The van der Waals surface area contributed by atoms with Crippen molar-refractivity contribution < 1.29 is 14.7 Å². The molecule has 5 heteroatoms. The summed E-state index contributed by atoms with van der Waals surface area (Å²) in [4.78, 5) is 23.2. The van der Waals surface area contributed by atoms with Gasteiger partial charge in [0.15, 0.2) is 0 Å². The molecule has 1 heterocycles. The van der Waals surface area contributed by atoms with Crippen molar-refractivity contribution in [2.45, 2.75) is 50.6 Å². The molecule has 0 aromatic rings. The molecule has 3 aliphatic rings. The largest absolute Gasteiger partial charge is 0.481 e. The topological polar surface area (TPSA) is 78.4 Å². The van der Waals surface area contributed by atoms with Gasteiger partial charge >= 0.3 is 5.97 Å². The van der Waals surface area contributed by atoms with E-state index in [9.17, 15) is 9.59 Å². The highest BCUT2D eigenvalue weighted by atomic mass is 16.4. The number of hydrogen-bond acceptors (Lipinski definition) is 3. The first-order valence-corrected chi connectivity index (χ1v) is 7.40. The Balaban J connectivity index is 1.58. The highest BCUT2D eigenvalue weighted by Crippen LogP contribution is 2.38. The number of carbonyl (C=O) groups excluding carboxylic acids is 1. The van der Waals surface area contributed by atoms with Crippen molar-refractivity contribution in [2.24, 2.45) is 17.8 Å². The summed E-state index contributed by atoms with van der Waals surface area (Å²) in [6.45, 7) is 0.940. The lowest BCUT2D eigenvalue weighted by Crippen LogP contribution is -2.48. The second kappa shape index (κ2) is 5.12. The first-order chi connectivity index (χ1) is 9.15. The fourth-order valence-corrected chi connectivity index (χ4v) is 3.77. The van der Waals surface area contributed by atoms with E-state index in [0.29, 0.717) is 17.8 Å². The Bertz CT molecular complexity index is 381. The molecule has 4 atom stereocenters. The molecule has 1 saturated heterocycles. The molecule has 5 nitrogen and oxygen atoms in total. The standard InChI is InChI=1S/C14H22N2O3/c17-12(18)6-11(8-4-5-8)16-14(19)13-10-3-1-2-9(10)7-15-13/h8-11,13,15H,1-7H2,(H,16,19)(H,17,18). The lowest BCUT2D eigenvalue weighted by molar-refractivity contribution is -0.138. The average Bonchev–Trinajstić information content (AvgIpc) is 2.95. The molecule has 0 aromatic carbocycles. The van der Waals surface area contributed by atoms with Crippen LogP contribution in [0.5, 0.6) is 0 Å². The van der Waals surface area contributed by atoms with Gasteiger partial charge < -0.3 is 15.7 Å². The number of rotatable bonds is 5. The Hall–Kier alpha value is -1.10. The van der Waals surface area contributed by atoms with Crippen LogP contribution in [-0.4, -0.2) is 35.6 Å². The monoisotopic (exact) mass is 266 g/mol. The molecule has 1 amide bonds. The number of carboxylic acid groups (broad SMARTS) is 1. The molecule has 19 heavy (non-hydrogen) atoms. The number of fused-ring (bicyclic) bond motifs is 1. The fourth-order valence-electron chi connectivity index (χ4n) is 3.77. The van der Waals surface area contributed by atoms with E-state index in [1.54, 1.807) is 0 Å². The zero-order chi connectivity index (χ0) is 13.4. The van der Waals surface area contributed by atoms with Crippen molar-refractivity contribution in [1.82, 2.24) is 10.6 Å². The molecule has 3 rings (SSSR count). The van der Waals surface area contributed by atoms with Gasteiger partial charge in [0.05, 0.1) is 12.5 Å². The Kier molecular flexibility index (Phi) is 3.48. The third-order valence-electron chi connectivity index (χ3n) is 4.94. The minimum atomic E-state index is -0.824. The average molecular weight is 266 g/mol. The highest BCUT2D eigenvalue weighted by Gasteiger charge is 2.43. The first kappa shape index (κ1) is 12.9. The predicted octanol–water partition coefficient (Wildman–Crippen LogP) is 0.744. The summed E-state index contributed by atoms with van der Waals surface area (Å²) in [7, 11) is 0. The first-order valence-electron chi connectivity index (χ1n) is 7.40. The van der Waals surface area contributed by atoms with Crippen LogP contribution in [0.3, 0.4) is 0 Å². The van der Waals surface area contributed by atoms with Gasteiger partial charge in [-0.05, 0) is 50.0 Å².